The Hall–Kier alpha value is -1.25. The summed E-state index contributed by atoms with van der Waals surface area (Å²) < 4.78 is 38.6. The van der Waals surface area contributed by atoms with Crippen molar-refractivity contribution in [1.82, 2.24) is 5.32 Å². The summed E-state index contributed by atoms with van der Waals surface area (Å²) in [5, 5.41) is 11.3. The van der Waals surface area contributed by atoms with Crippen LogP contribution in [0.15, 0.2) is 0 Å². The summed E-state index contributed by atoms with van der Waals surface area (Å²) in [5.74, 6) is -3.14. The average molecular weight is 276 g/mol. The molecule has 1 saturated carbocycles. The van der Waals surface area contributed by atoms with Gasteiger partial charge < -0.3 is 5.32 Å². The minimum absolute atomic E-state index is 0.0171. The van der Waals surface area contributed by atoms with Gasteiger partial charge in [-0.15, -0.1) is 0 Å². The number of nitriles is 1. The van der Waals surface area contributed by atoms with Gasteiger partial charge in [-0.05, 0) is 26.7 Å². The molecule has 0 aromatic heterocycles. The Balaban J connectivity index is 2.66. The van der Waals surface area contributed by atoms with Gasteiger partial charge in [0, 0.05) is 12.5 Å². The van der Waals surface area contributed by atoms with Gasteiger partial charge in [0.1, 0.15) is 0 Å². The molecule has 1 aliphatic rings. The number of carbonyl (C=O) groups excluding carboxylic acids is 1. The summed E-state index contributed by atoms with van der Waals surface area (Å²) in [5.41, 5.74) is -0.766. The largest absolute Gasteiger partial charge is 0.392 e. The second kappa shape index (κ2) is 5.81. The molecule has 0 radical (unpaired) electrons. The van der Waals surface area contributed by atoms with Gasteiger partial charge in [0.05, 0.1) is 17.4 Å². The van der Waals surface area contributed by atoms with E-state index in [9.17, 15) is 18.0 Å². The molecule has 0 bridgehead atoms. The summed E-state index contributed by atoms with van der Waals surface area (Å²) in [6.45, 7) is 3.34. The Morgan fingerprint density at radius 3 is 2.42 bits per heavy atom. The maximum absolute atomic E-state index is 12.9. The molecule has 1 amide bonds. The SMILES string of the molecule is CC(C)(C#N)CNC(=O)C1CCCCC1C(F)(F)F. The first kappa shape index (κ1) is 15.8. The Bertz CT molecular complexity index is 371. The standard InChI is InChI=1S/C13H19F3N2O/c1-12(2,7-17)8-18-11(19)9-5-3-4-6-10(9)13(14,15)16/h9-10H,3-6,8H2,1-2H3,(H,18,19). The van der Waals surface area contributed by atoms with Gasteiger partial charge in [-0.1, -0.05) is 12.8 Å². The van der Waals surface area contributed by atoms with Crippen molar-refractivity contribution in [2.45, 2.75) is 45.7 Å². The van der Waals surface area contributed by atoms with Crippen LogP contribution >= 0.6 is 0 Å². The van der Waals surface area contributed by atoms with Crippen LogP contribution in [0.25, 0.3) is 0 Å². The number of hydrogen-bond donors (Lipinski definition) is 1. The number of amides is 1. The zero-order chi connectivity index (χ0) is 14.7. The van der Waals surface area contributed by atoms with E-state index in [4.69, 9.17) is 5.26 Å². The molecule has 1 aliphatic carbocycles. The second-order valence-electron chi connectivity index (χ2n) is 5.75. The van der Waals surface area contributed by atoms with Crippen molar-refractivity contribution in [2.24, 2.45) is 17.3 Å². The molecule has 2 atom stereocenters. The third-order valence-electron chi connectivity index (χ3n) is 3.53. The Kier molecular flexibility index (Phi) is 4.83. The summed E-state index contributed by atoms with van der Waals surface area (Å²) in [6, 6.07) is 2.00. The van der Waals surface area contributed by atoms with Gasteiger partial charge in [0.25, 0.3) is 0 Å². The summed E-state index contributed by atoms with van der Waals surface area (Å²) in [7, 11) is 0. The molecule has 108 valence electrons. The van der Waals surface area contributed by atoms with E-state index < -0.39 is 29.3 Å². The molecule has 0 aromatic rings. The van der Waals surface area contributed by atoms with Crippen LogP contribution in [0.4, 0.5) is 13.2 Å². The van der Waals surface area contributed by atoms with Crippen molar-refractivity contribution in [3.63, 3.8) is 0 Å². The van der Waals surface area contributed by atoms with Crippen molar-refractivity contribution in [3.05, 3.63) is 0 Å². The minimum Gasteiger partial charge on any atom is -0.354 e. The van der Waals surface area contributed by atoms with E-state index in [2.05, 4.69) is 5.32 Å². The van der Waals surface area contributed by atoms with Crippen LogP contribution in [0, 0.1) is 28.6 Å². The highest BCUT2D eigenvalue weighted by atomic mass is 19.4. The van der Waals surface area contributed by atoms with Crippen LogP contribution in [0.5, 0.6) is 0 Å². The maximum Gasteiger partial charge on any atom is 0.392 e. The molecule has 6 heteroatoms. The van der Waals surface area contributed by atoms with E-state index in [1.165, 1.54) is 0 Å². The van der Waals surface area contributed by atoms with E-state index in [1.54, 1.807) is 13.8 Å². The van der Waals surface area contributed by atoms with E-state index in [-0.39, 0.29) is 19.4 Å². The molecule has 1 rings (SSSR count). The lowest BCUT2D eigenvalue weighted by Gasteiger charge is -2.32. The van der Waals surface area contributed by atoms with Crippen molar-refractivity contribution < 1.29 is 18.0 Å². The summed E-state index contributed by atoms with van der Waals surface area (Å²) in [4.78, 5) is 11.9. The predicted molar refractivity (Wildman–Crippen MR) is 63.9 cm³/mol. The van der Waals surface area contributed by atoms with E-state index in [1.807, 2.05) is 6.07 Å². The molecule has 1 N–H and O–H groups in total. The highest BCUT2D eigenvalue weighted by Crippen LogP contribution is 2.41. The lowest BCUT2D eigenvalue weighted by Crippen LogP contribution is -2.44. The number of nitrogens with one attached hydrogen (secondary N) is 1. The fourth-order valence-electron chi connectivity index (χ4n) is 2.32. The lowest BCUT2D eigenvalue weighted by molar-refractivity contribution is -0.198. The number of rotatable bonds is 3. The van der Waals surface area contributed by atoms with Gasteiger partial charge in [-0.25, -0.2) is 0 Å². The molecule has 0 saturated heterocycles. The van der Waals surface area contributed by atoms with Crippen LogP contribution in [0.3, 0.4) is 0 Å². The molecule has 19 heavy (non-hydrogen) atoms. The van der Waals surface area contributed by atoms with Crippen molar-refractivity contribution >= 4 is 5.91 Å². The number of hydrogen-bond acceptors (Lipinski definition) is 2. The van der Waals surface area contributed by atoms with E-state index in [0.717, 1.165) is 0 Å². The van der Waals surface area contributed by atoms with E-state index in [0.29, 0.717) is 12.8 Å². The molecule has 0 aromatic carbocycles. The number of nitrogens with zero attached hydrogens (tertiary/aromatic N) is 1. The summed E-state index contributed by atoms with van der Waals surface area (Å²) >= 11 is 0. The van der Waals surface area contributed by atoms with Crippen molar-refractivity contribution in [2.75, 3.05) is 6.54 Å². The first-order chi connectivity index (χ1) is 8.67. The zero-order valence-corrected chi connectivity index (χ0v) is 11.2. The van der Waals surface area contributed by atoms with Crippen LogP contribution in [0.2, 0.25) is 0 Å². The van der Waals surface area contributed by atoms with Gasteiger partial charge in [-0.2, -0.15) is 18.4 Å². The van der Waals surface area contributed by atoms with Crippen LogP contribution < -0.4 is 5.32 Å². The third-order valence-corrected chi connectivity index (χ3v) is 3.53. The normalized spacial score (nSPS) is 24.6. The Labute approximate surface area is 111 Å². The van der Waals surface area contributed by atoms with Crippen LogP contribution in [0.1, 0.15) is 39.5 Å². The molecular weight excluding hydrogens is 257 g/mol. The van der Waals surface area contributed by atoms with Crippen molar-refractivity contribution in [1.29, 1.82) is 5.26 Å². The predicted octanol–water partition coefficient (Wildman–Crippen LogP) is 3.02. The highest BCUT2D eigenvalue weighted by molar-refractivity contribution is 5.79. The van der Waals surface area contributed by atoms with Gasteiger partial charge in [0.2, 0.25) is 5.91 Å². The fourth-order valence-corrected chi connectivity index (χ4v) is 2.32. The third kappa shape index (κ3) is 4.41. The first-order valence-electron chi connectivity index (χ1n) is 6.43. The first-order valence-corrected chi connectivity index (χ1v) is 6.43. The quantitative estimate of drug-likeness (QED) is 0.861. The minimum atomic E-state index is -4.33. The van der Waals surface area contributed by atoms with E-state index >= 15 is 0 Å². The number of alkyl halides is 3. The van der Waals surface area contributed by atoms with Gasteiger partial charge >= 0.3 is 6.18 Å². The van der Waals surface area contributed by atoms with Gasteiger partial charge in [-0.3, -0.25) is 4.79 Å². The maximum atomic E-state index is 12.9. The smallest absolute Gasteiger partial charge is 0.354 e. The zero-order valence-electron chi connectivity index (χ0n) is 11.2. The Morgan fingerprint density at radius 1 is 1.32 bits per heavy atom. The molecule has 0 heterocycles. The monoisotopic (exact) mass is 276 g/mol. The van der Waals surface area contributed by atoms with Crippen LogP contribution in [-0.4, -0.2) is 18.6 Å². The number of carbonyl (C=O) groups is 1. The average Bonchev–Trinajstić information content (AvgIpc) is 2.35. The fraction of sp³-hybridized carbons (Fsp3) is 0.846. The molecule has 3 nitrogen and oxygen atoms in total. The molecule has 1 fully saturated rings. The molecule has 2 unspecified atom stereocenters. The lowest BCUT2D eigenvalue weighted by atomic mass is 9.78. The highest BCUT2D eigenvalue weighted by Gasteiger charge is 2.48. The topological polar surface area (TPSA) is 52.9 Å². The van der Waals surface area contributed by atoms with Gasteiger partial charge in [0.15, 0.2) is 0 Å². The molecule has 0 spiro atoms. The summed E-state index contributed by atoms with van der Waals surface area (Å²) in [6.07, 6.45) is -2.89. The van der Waals surface area contributed by atoms with Crippen LogP contribution in [-0.2, 0) is 4.79 Å². The molecular formula is C13H19F3N2O. The number of halogens is 3. The Morgan fingerprint density at radius 2 is 1.89 bits per heavy atom. The van der Waals surface area contributed by atoms with Crippen molar-refractivity contribution in [3.8, 4) is 6.07 Å². The second-order valence-corrected chi connectivity index (χ2v) is 5.75. The molecule has 0 aliphatic heterocycles.